The second-order valence-corrected chi connectivity index (χ2v) is 4.80. The van der Waals surface area contributed by atoms with Crippen LogP contribution in [0.2, 0.25) is 0 Å². The highest BCUT2D eigenvalue weighted by molar-refractivity contribution is 6.07. The number of nitrogens with zero attached hydrogens (tertiary/aromatic N) is 1. The molecule has 0 spiro atoms. The van der Waals surface area contributed by atoms with E-state index < -0.39 is 5.97 Å². The minimum atomic E-state index is -0.994. The average Bonchev–Trinajstić information content (AvgIpc) is 3.03. The number of rotatable bonds is 2. The molecule has 0 unspecified atom stereocenters. The zero-order valence-corrected chi connectivity index (χ0v) is 10.9. The molecular weight excluding hydrogens is 258 g/mol. The van der Waals surface area contributed by atoms with Crippen LogP contribution in [-0.2, 0) is 6.42 Å². The molecule has 1 aliphatic rings. The Morgan fingerprint density at radius 2 is 2.05 bits per heavy atom. The van der Waals surface area contributed by atoms with Crippen molar-refractivity contribution in [3.63, 3.8) is 0 Å². The highest BCUT2D eigenvalue weighted by Crippen LogP contribution is 2.30. The monoisotopic (exact) mass is 271 g/mol. The lowest BCUT2D eigenvalue weighted by Gasteiger charge is -2.16. The number of furan rings is 1. The topological polar surface area (TPSA) is 70.8 Å². The number of aromatic carboxylic acids is 1. The number of carboxylic acids is 1. The van der Waals surface area contributed by atoms with Gasteiger partial charge < -0.3 is 14.4 Å². The molecule has 1 aliphatic heterocycles. The van der Waals surface area contributed by atoms with E-state index in [9.17, 15) is 9.59 Å². The number of carbonyl (C=O) groups excluding carboxylic acids is 1. The van der Waals surface area contributed by atoms with E-state index in [1.807, 2.05) is 0 Å². The summed E-state index contributed by atoms with van der Waals surface area (Å²) in [4.78, 5) is 25.1. The first-order chi connectivity index (χ1) is 9.56. The largest absolute Gasteiger partial charge is 0.478 e. The Morgan fingerprint density at radius 1 is 1.25 bits per heavy atom. The molecular formula is C15H13NO4. The van der Waals surface area contributed by atoms with Crippen molar-refractivity contribution in [2.45, 2.75) is 13.3 Å². The first kappa shape index (κ1) is 12.5. The van der Waals surface area contributed by atoms with Crippen molar-refractivity contribution in [1.29, 1.82) is 0 Å². The summed E-state index contributed by atoms with van der Waals surface area (Å²) >= 11 is 0. The number of hydrogen-bond donors (Lipinski definition) is 1. The summed E-state index contributed by atoms with van der Waals surface area (Å²) in [6.07, 6.45) is 2.16. The van der Waals surface area contributed by atoms with Gasteiger partial charge in [0.25, 0.3) is 5.91 Å². The zero-order chi connectivity index (χ0) is 14.3. The van der Waals surface area contributed by atoms with Crippen LogP contribution in [0.15, 0.2) is 34.9 Å². The summed E-state index contributed by atoms with van der Waals surface area (Å²) in [6.45, 7) is 2.33. The summed E-state index contributed by atoms with van der Waals surface area (Å²) in [7, 11) is 0. The number of amides is 1. The molecule has 2 heterocycles. The first-order valence-corrected chi connectivity index (χ1v) is 6.29. The molecule has 1 N–H and O–H groups in total. The molecule has 1 aromatic heterocycles. The highest BCUT2D eigenvalue weighted by atomic mass is 16.4. The van der Waals surface area contributed by atoms with Gasteiger partial charge in [-0.3, -0.25) is 4.79 Å². The number of benzene rings is 1. The van der Waals surface area contributed by atoms with Gasteiger partial charge in [-0.15, -0.1) is 0 Å². The number of fused-ring (bicyclic) bond motifs is 1. The van der Waals surface area contributed by atoms with Crippen LogP contribution in [-0.4, -0.2) is 23.5 Å². The predicted molar refractivity (Wildman–Crippen MR) is 72.2 cm³/mol. The zero-order valence-electron chi connectivity index (χ0n) is 10.9. The van der Waals surface area contributed by atoms with E-state index >= 15 is 0 Å². The van der Waals surface area contributed by atoms with Gasteiger partial charge in [0, 0.05) is 12.2 Å². The molecule has 0 bridgehead atoms. The molecule has 0 saturated carbocycles. The van der Waals surface area contributed by atoms with E-state index in [0.717, 1.165) is 12.0 Å². The number of hydrogen-bond acceptors (Lipinski definition) is 3. The molecule has 0 fully saturated rings. The lowest BCUT2D eigenvalue weighted by atomic mass is 10.1. The molecule has 20 heavy (non-hydrogen) atoms. The summed E-state index contributed by atoms with van der Waals surface area (Å²) in [5, 5.41) is 9.04. The van der Waals surface area contributed by atoms with Gasteiger partial charge in [-0.25, -0.2) is 4.79 Å². The summed E-state index contributed by atoms with van der Waals surface area (Å²) < 4.78 is 5.15. The van der Waals surface area contributed by atoms with Crippen LogP contribution in [0.5, 0.6) is 0 Å². The van der Waals surface area contributed by atoms with E-state index in [2.05, 4.69) is 0 Å². The maximum atomic E-state index is 12.4. The van der Waals surface area contributed by atoms with Gasteiger partial charge in [0.2, 0.25) is 0 Å². The van der Waals surface area contributed by atoms with Crippen LogP contribution in [0.4, 0.5) is 5.69 Å². The van der Waals surface area contributed by atoms with Gasteiger partial charge in [-0.2, -0.15) is 0 Å². The van der Waals surface area contributed by atoms with Crippen molar-refractivity contribution in [1.82, 2.24) is 0 Å². The van der Waals surface area contributed by atoms with Crippen molar-refractivity contribution in [3.05, 3.63) is 53.0 Å². The Labute approximate surface area is 115 Å². The smallest absolute Gasteiger partial charge is 0.335 e. The minimum Gasteiger partial charge on any atom is -0.478 e. The van der Waals surface area contributed by atoms with Crippen molar-refractivity contribution >= 4 is 17.6 Å². The third kappa shape index (κ3) is 1.97. The molecule has 1 amide bonds. The van der Waals surface area contributed by atoms with Gasteiger partial charge in [0.15, 0.2) is 0 Å². The van der Waals surface area contributed by atoms with Crippen LogP contribution < -0.4 is 4.90 Å². The quantitative estimate of drug-likeness (QED) is 0.911. The predicted octanol–water partition coefficient (Wildman–Crippen LogP) is 2.49. The summed E-state index contributed by atoms with van der Waals surface area (Å²) in [5.41, 5.74) is 2.33. The van der Waals surface area contributed by atoms with E-state index in [4.69, 9.17) is 9.52 Å². The van der Waals surface area contributed by atoms with Crippen molar-refractivity contribution in [3.8, 4) is 0 Å². The molecule has 3 rings (SSSR count). The van der Waals surface area contributed by atoms with Crippen LogP contribution in [0, 0.1) is 6.92 Å². The van der Waals surface area contributed by atoms with Crippen LogP contribution >= 0.6 is 0 Å². The molecule has 0 aliphatic carbocycles. The van der Waals surface area contributed by atoms with E-state index in [1.54, 1.807) is 36.1 Å². The van der Waals surface area contributed by atoms with E-state index in [-0.39, 0.29) is 11.5 Å². The SMILES string of the molecule is Cc1cc(C(=O)N2CCc3ccc(C(=O)O)cc32)co1. The maximum absolute atomic E-state index is 12.4. The van der Waals surface area contributed by atoms with Gasteiger partial charge in [-0.1, -0.05) is 6.07 Å². The highest BCUT2D eigenvalue weighted by Gasteiger charge is 2.27. The van der Waals surface area contributed by atoms with Gasteiger partial charge >= 0.3 is 5.97 Å². The van der Waals surface area contributed by atoms with Crippen LogP contribution in [0.1, 0.15) is 32.0 Å². The lowest BCUT2D eigenvalue weighted by molar-refractivity contribution is 0.0696. The molecule has 0 atom stereocenters. The fourth-order valence-electron chi connectivity index (χ4n) is 2.43. The molecule has 2 aromatic rings. The first-order valence-electron chi connectivity index (χ1n) is 6.29. The number of carbonyl (C=O) groups is 2. The fraction of sp³-hybridized carbons (Fsp3) is 0.200. The lowest BCUT2D eigenvalue weighted by Crippen LogP contribution is -2.28. The van der Waals surface area contributed by atoms with Gasteiger partial charge in [0.05, 0.1) is 11.1 Å². The summed E-state index contributed by atoms with van der Waals surface area (Å²) in [6, 6.07) is 6.57. The van der Waals surface area contributed by atoms with Gasteiger partial charge in [-0.05, 0) is 37.1 Å². The Morgan fingerprint density at radius 3 is 2.70 bits per heavy atom. The third-order valence-corrected chi connectivity index (χ3v) is 3.45. The Balaban J connectivity index is 1.97. The minimum absolute atomic E-state index is 0.164. The fourth-order valence-corrected chi connectivity index (χ4v) is 2.43. The third-order valence-electron chi connectivity index (χ3n) is 3.45. The number of carboxylic acid groups (broad SMARTS) is 1. The Hall–Kier alpha value is -2.56. The van der Waals surface area contributed by atoms with Gasteiger partial charge in [0.1, 0.15) is 12.0 Å². The Bertz CT molecular complexity index is 702. The molecule has 1 aromatic carbocycles. The molecule has 5 heteroatoms. The maximum Gasteiger partial charge on any atom is 0.335 e. The second kappa shape index (κ2) is 4.52. The van der Waals surface area contributed by atoms with E-state index in [1.165, 1.54) is 6.26 Å². The Kier molecular flexibility index (Phi) is 2.82. The standard InChI is InChI=1S/C15H13NO4/c1-9-6-12(8-20-9)14(17)16-5-4-10-2-3-11(15(18)19)7-13(10)16/h2-3,6-8H,4-5H2,1H3,(H,18,19). The molecule has 102 valence electrons. The molecule has 5 nitrogen and oxygen atoms in total. The molecule has 0 saturated heterocycles. The average molecular weight is 271 g/mol. The second-order valence-electron chi connectivity index (χ2n) is 4.80. The number of anilines is 1. The van der Waals surface area contributed by atoms with E-state index in [0.29, 0.717) is 23.6 Å². The van der Waals surface area contributed by atoms with Crippen molar-refractivity contribution in [2.24, 2.45) is 0 Å². The van der Waals surface area contributed by atoms with Crippen molar-refractivity contribution in [2.75, 3.05) is 11.4 Å². The molecule has 0 radical (unpaired) electrons. The summed E-state index contributed by atoms with van der Waals surface area (Å²) in [5.74, 6) is -0.485. The number of aryl methyl sites for hydroxylation is 1. The van der Waals surface area contributed by atoms with Crippen LogP contribution in [0.25, 0.3) is 0 Å². The van der Waals surface area contributed by atoms with Crippen molar-refractivity contribution < 1.29 is 19.1 Å². The van der Waals surface area contributed by atoms with Crippen LogP contribution in [0.3, 0.4) is 0 Å². The normalized spacial score (nSPS) is 13.3.